The van der Waals surface area contributed by atoms with Gasteiger partial charge in [0.15, 0.2) is 0 Å². The summed E-state index contributed by atoms with van der Waals surface area (Å²) in [6, 6.07) is 22.3. The number of carbonyl (C=O) groups excluding carboxylic acids is 1. The molecule has 0 bridgehead atoms. The van der Waals surface area contributed by atoms with Gasteiger partial charge in [-0.1, -0.05) is 30.0 Å². The summed E-state index contributed by atoms with van der Waals surface area (Å²) in [7, 11) is 0. The molecule has 3 aromatic carbocycles. The van der Waals surface area contributed by atoms with Gasteiger partial charge in [-0.15, -0.1) is 0 Å². The molecule has 0 aliphatic rings. The molecule has 7 heteroatoms. The molecular weight excluding hydrogens is 423 g/mol. The SMILES string of the molecule is N#Cc1cncc(Sc2ccc(C(=O)Nc3cc(-c4ccc(F)cc4)ccc3N)cc2)c1. The topological polar surface area (TPSA) is 91.8 Å². The van der Waals surface area contributed by atoms with Crippen LogP contribution in [0.3, 0.4) is 0 Å². The average molecular weight is 441 g/mol. The van der Waals surface area contributed by atoms with Gasteiger partial charge in [0.25, 0.3) is 5.91 Å². The number of rotatable bonds is 5. The maximum Gasteiger partial charge on any atom is 0.255 e. The third-order valence-electron chi connectivity index (χ3n) is 4.67. The highest BCUT2D eigenvalue weighted by atomic mass is 32.2. The van der Waals surface area contributed by atoms with Crippen LogP contribution < -0.4 is 11.1 Å². The first-order chi connectivity index (χ1) is 15.5. The molecule has 32 heavy (non-hydrogen) atoms. The monoisotopic (exact) mass is 440 g/mol. The van der Waals surface area contributed by atoms with Crippen LogP contribution in [0.4, 0.5) is 15.8 Å². The van der Waals surface area contributed by atoms with Crippen LogP contribution in [0.25, 0.3) is 11.1 Å². The zero-order valence-electron chi connectivity index (χ0n) is 16.7. The smallest absolute Gasteiger partial charge is 0.255 e. The highest BCUT2D eigenvalue weighted by molar-refractivity contribution is 7.99. The Morgan fingerprint density at radius 1 is 0.938 bits per heavy atom. The van der Waals surface area contributed by atoms with Gasteiger partial charge in [-0.2, -0.15) is 5.26 Å². The van der Waals surface area contributed by atoms with Crippen molar-refractivity contribution >= 4 is 29.0 Å². The second kappa shape index (κ2) is 9.33. The van der Waals surface area contributed by atoms with E-state index in [0.717, 1.165) is 20.9 Å². The molecule has 0 aliphatic carbocycles. The lowest BCUT2D eigenvalue weighted by Crippen LogP contribution is -2.13. The number of hydrogen-bond donors (Lipinski definition) is 2. The number of hydrogen-bond acceptors (Lipinski definition) is 5. The number of amides is 1. The van der Waals surface area contributed by atoms with E-state index in [9.17, 15) is 9.18 Å². The number of benzene rings is 3. The molecule has 0 saturated heterocycles. The first-order valence-corrected chi connectivity index (χ1v) is 10.4. The molecule has 0 radical (unpaired) electrons. The van der Waals surface area contributed by atoms with Crippen LogP contribution in [0.2, 0.25) is 0 Å². The van der Waals surface area contributed by atoms with E-state index >= 15 is 0 Å². The van der Waals surface area contributed by atoms with E-state index in [4.69, 9.17) is 11.0 Å². The van der Waals surface area contributed by atoms with Gasteiger partial charge in [-0.05, 0) is 65.7 Å². The molecule has 1 amide bonds. The minimum atomic E-state index is -0.312. The number of nitrogens with zero attached hydrogens (tertiary/aromatic N) is 2. The predicted octanol–water partition coefficient (Wildman–Crippen LogP) is 5.75. The normalized spacial score (nSPS) is 10.4. The second-order valence-corrected chi connectivity index (χ2v) is 8.06. The van der Waals surface area contributed by atoms with Crippen LogP contribution in [0, 0.1) is 17.1 Å². The van der Waals surface area contributed by atoms with Crippen molar-refractivity contribution < 1.29 is 9.18 Å². The third-order valence-corrected chi connectivity index (χ3v) is 5.64. The number of anilines is 2. The van der Waals surface area contributed by atoms with E-state index in [0.29, 0.717) is 22.5 Å². The maximum absolute atomic E-state index is 13.2. The molecule has 156 valence electrons. The minimum Gasteiger partial charge on any atom is -0.397 e. The van der Waals surface area contributed by atoms with Crippen molar-refractivity contribution in [3.63, 3.8) is 0 Å². The van der Waals surface area contributed by atoms with E-state index in [2.05, 4.69) is 16.4 Å². The van der Waals surface area contributed by atoms with Gasteiger partial charge in [0.2, 0.25) is 0 Å². The summed E-state index contributed by atoms with van der Waals surface area (Å²) in [4.78, 5) is 18.5. The summed E-state index contributed by atoms with van der Waals surface area (Å²) in [5.74, 6) is -0.606. The molecule has 4 aromatic rings. The van der Waals surface area contributed by atoms with Crippen molar-refractivity contribution in [3.05, 3.63) is 102 Å². The molecule has 0 spiro atoms. The third kappa shape index (κ3) is 4.94. The lowest BCUT2D eigenvalue weighted by molar-refractivity contribution is 0.102. The standard InChI is InChI=1S/C25H17FN4OS/c26-20-6-1-17(2-7-20)19-5-10-23(28)24(12-19)30-25(31)18-3-8-21(9-4-18)32-22-11-16(13-27)14-29-15-22/h1-12,14-15H,28H2,(H,30,31). The van der Waals surface area contributed by atoms with Gasteiger partial charge in [-0.3, -0.25) is 9.78 Å². The number of aromatic nitrogens is 1. The van der Waals surface area contributed by atoms with Crippen molar-refractivity contribution in [2.24, 2.45) is 0 Å². The van der Waals surface area contributed by atoms with Crippen molar-refractivity contribution in [1.29, 1.82) is 5.26 Å². The van der Waals surface area contributed by atoms with E-state index in [1.54, 1.807) is 48.7 Å². The maximum atomic E-state index is 13.2. The molecule has 0 atom stereocenters. The average Bonchev–Trinajstić information content (AvgIpc) is 2.81. The molecule has 0 fully saturated rings. The summed E-state index contributed by atoms with van der Waals surface area (Å²) in [6.45, 7) is 0. The summed E-state index contributed by atoms with van der Waals surface area (Å²) >= 11 is 1.45. The Morgan fingerprint density at radius 2 is 1.66 bits per heavy atom. The fourth-order valence-electron chi connectivity index (χ4n) is 3.03. The Labute approximate surface area is 188 Å². The summed E-state index contributed by atoms with van der Waals surface area (Å²) in [5.41, 5.74) is 9.56. The van der Waals surface area contributed by atoms with Crippen LogP contribution in [0.15, 0.2) is 95.0 Å². The van der Waals surface area contributed by atoms with Crippen LogP contribution >= 0.6 is 11.8 Å². The molecule has 5 nitrogen and oxygen atoms in total. The van der Waals surface area contributed by atoms with Gasteiger partial charge in [-0.25, -0.2) is 4.39 Å². The first-order valence-electron chi connectivity index (χ1n) is 9.62. The highest BCUT2D eigenvalue weighted by Crippen LogP contribution is 2.29. The zero-order chi connectivity index (χ0) is 22.5. The second-order valence-electron chi connectivity index (χ2n) is 6.91. The molecule has 0 saturated carbocycles. The van der Waals surface area contributed by atoms with E-state index in [1.807, 2.05) is 18.2 Å². The molecule has 1 heterocycles. The Hall–Kier alpha value is -4.15. The molecule has 1 aromatic heterocycles. The lowest BCUT2D eigenvalue weighted by Gasteiger charge is -2.11. The van der Waals surface area contributed by atoms with Gasteiger partial charge >= 0.3 is 0 Å². The molecule has 0 unspecified atom stereocenters. The van der Waals surface area contributed by atoms with Gasteiger partial charge in [0.05, 0.1) is 16.9 Å². The number of carbonyl (C=O) groups is 1. The van der Waals surface area contributed by atoms with E-state index in [1.165, 1.54) is 30.1 Å². The highest BCUT2D eigenvalue weighted by Gasteiger charge is 2.10. The lowest BCUT2D eigenvalue weighted by atomic mass is 10.0. The van der Waals surface area contributed by atoms with Crippen LogP contribution in [-0.2, 0) is 0 Å². The zero-order valence-corrected chi connectivity index (χ0v) is 17.6. The fraction of sp³-hybridized carbons (Fsp3) is 0. The minimum absolute atomic E-state index is 0.294. The quantitative estimate of drug-likeness (QED) is 0.386. The number of nitrogen functional groups attached to an aromatic ring is 1. The Bertz CT molecular complexity index is 1320. The fourth-order valence-corrected chi connectivity index (χ4v) is 3.87. The van der Waals surface area contributed by atoms with Gasteiger partial charge in [0, 0.05) is 27.7 Å². The van der Waals surface area contributed by atoms with E-state index < -0.39 is 0 Å². The van der Waals surface area contributed by atoms with Crippen molar-refractivity contribution in [3.8, 4) is 17.2 Å². The van der Waals surface area contributed by atoms with E-state index in [-0.39, 0.29) is 11.7 Å². The van der Waals surface area contributed by atoms with Crippen molar-refractivity contribution in [1.82, 2.24) is 4.98 Å². The number of pyridine rings is 1. The Kier molecular flexibility index (Phi) is 6.15. The number of nitrogens with two attached hydrogens (primary N) is 1. The predicted molar refractivity (Wildman–Crippen MR) is 124 cm³/mol. The van der Waals surface area contributed by atoms with Gasteiger partial charge < -0.3 is 11.1 Å². The Morgan fingerprint density at radius 3 is 2.38 bits per heavy atom. The number of nitriles is 1. The van der Waals surface area contributed by atoms with Crippen molar-refractivity contribution in [2.45, 2.75) is 9.79 Å². The Balaban J connectivity index is 1.48. The van der Waals surface area contributed by atoms with Crippen molar-refractivity contribution in [2.75, 3.05) is 11.1 Å². The van der Waals surface area contributed by atoms with Crippen LogP contribution in [-0.4, -0.2) is 10.9 Å². The van der Waals surface area contributed by atoms with Crippen LogP contribution in [0.1, 0.15) is 15.9 Å². The number of nitrogens with one attached hydrogen (secondary N) is 1. The first kappa shape index (κ1) is 21.1. The molecule has 3 N–H and O–H groups in total. The molecular formula is C25H17FN4OS. The largest absolute Gasteiger partial charge is 0.397 e. The summed E-state index contributed by atoms with van der Waals surface area (Å²) < 4.78 is 13.2. The molecule has 4 rings (SSSR count). The van der Waals surface area contributed by atoms with Crippen LogP contribution in [0.5, 0.6) is 0 Å². The van der Waals surface area contributed by atoms with Gasteiger partial charge in [0.1, 0.15) is 11.9 Å². The molecule has 0 aliphatic heterocycles. The summed E-state index contributed by atoms with van der Waals surface area (Å²) in [5, 5.41) is 11.8. The number of halogens is 1. The summed E-state index contributed by atoms with van der Waals surface area (Å²) in [6.07, 6.45) is 3.19.